The second kappa shape index (κ2) is 10.7. The number of likely N-dealkylation sites (N-methyl/N-ethyl adjacent to an activating group) is 1. The first-order valence-corrected chi connectivity index (χ1v) is 10.1. The number of primary amides is 1. The van der Waals surface area contributed by atoms with Gasteiger partial charge in [-0.25, -0.2) is 0 Å². The number of fused-ring (bicyclic) bond motifs is 1. The van der Waals surface area contributed by atoms with Gasteiger partial charge < -0.3 is 15.4 Å². The number of para-hydroxylation sites is 1. The lowest BCUT2D eigenvalue weighted by Crippen LogP contribution is -2.27. The van der Waals surface area contributed by atoms with Crippen LogP contribution in [0.5, 0.6) is 5.75 Å². The highest BCUT2D eigenvalue weighted by molar-refractivity contribution is 6.19. The molecular formula is C26H25N3O3. The average molecular weight is 428 g/mol. The van der Waals surface area contributed by atoms with Gasteiger partial charge in [-0.3, -0.25) is 14.6 Å². The van der Waals surface area contributed by atoms with E-state index in [9.17, 15) is 9.59 Å². The molecule has 0 saturated carbocycles. The van der Waals surface area contributed by atoms with E-state index in [-0.39, 0.29) is 12.5 Å². The Labute approximate surface area is 187 Å². The number of carbonyl (C=O) groups is 2. The summed E-state index contributed by atoms with van der Waals surface area (Å²) in [6, 6.07) is 25.2. The first-order valence-electron chi connectivity index (χ1n) is 10.1. The van der Waals surface area contributed by atoms with E-state index in [0.29, 0.717) is 0 Å². The second-order valence-electron chi connectivity index (χ2n) is 7.01. The van der Waals surface area contributed by atoms with Gasteiger partial charge in [0.1, 0.15) is 12.3 Å². The van der Waals surface area contributed by atoms with E-state index in [1.165, 1.54) is 6.08 Å². The molecule has 162 valence electrons. The number of anilines is 1. The van der Waals surface area contributed by atoms with Gasteiger partial charge in [-0.15, -0.1) is 0 Å². The van der Waals surface area contributed by atoms with Gasteiger partial charge in [0.25, 0.3) is 0 Å². The largest absolute Gasteiger partial charge is 0.497 e. The summed E-state index contributed by atoms with van der Waals surface area (Å²) in [5.74, 6) is 0.352. The third kappa shape index (κ3) is 5.70. The van der Waals surface area contributed by atoms with Crippen LogP contribution in [0.15, 0.2) is 89.9 Å². The minimum atomic E-state index is -0.448. The number of amides is 2. The van der Waals surface area contributed by atoms with Crippen molar-refractivity contribution in [1.29, 1.82) is 0 Å². The summed E-state index contributed by atoms with van der Waals surface area (Å²) in [7, 11) is 3.40. The SMILES string of the molecule is CN1C(=O)CN=C(c2ccccc2)c2ccccc21.COc1ccc(/C=C/C(N)=O)cc1. The van der Waals surface area contributed by atoms with E-state index in [1.54, 1.807) is 25.1 Å². The molecule has 0 unspecified atom stereocenters. The number of hydrogen-bond donors (Lipinski definition) is 1. The van der Waals surface area contributed by atoms with Crippen LogP contribution in [-0.4, -0.2) is 38.2 Å². The first kappa shape index (κ1) is 22.5. The van der Waals surface area contributed by atoms with Crippen LogP contribution in [-0.2, 0) is 9.59 Å². The summed E-state index contributed by atoms with van der Waals surface area (Å²) in [6.07, 6.45) is 2.98. The van der Waals surface area contributed by atoms with Gasteiger partial charge in [0.15, 0.2) is 0 Å². The summed E-state index contributed by atoms with van der Waals surface area (Å²) in [5.41, 5.74) is 9.70. The third-order valence-corrected chi connectivity index (χ3v) is 4.87. The van der Waals surface area contributed by atoms with Crippen molar-refractivity contribution in [2.24, 2.45) is 10.7 Å². The molecule has 4 rings (SSSR count). The van der Waals surface area contributed by atoms with Gasteiger partial charge in [-0.1, -0.05) is 60.7 Å². The topological polar surface area (TPSA) is 85.0 Å². The van der Waals surface area contributed by atoms with Crippen molar-refractivity contribution in [1.82, 2.24) is 0 Å². The standard InChI is InChI=1S/C16H14N2O.C10H11NO2/c1-18-14-10-6-5-9-13(14)16(17-11-15(18)19)12-7-3-2-4-8-12;1-13-9-5-2-8(3-6-9)4-7-10(11)12/h2-10H,11H2,1H3;2-7H,1H3,(H2,11,12)/b;7-4+. The van der Waals surface area contributed by atoms with Crippen LogP contribution in [0, 0.1) is 0 Å². The summed E-state index contributed by atoms with van der Waals surface area (Å²) in [6.45, 7) is 0.190. The summed E-state index contributed by atoms with van der Waals surface area (Å²) >= 11 is 0. The number of benzene rings is 3. The van der Waals surface area contributed by atoms with Crippen LogP contribution in [0.4, 0.5) is 5.69 Å². The Bertz CT molecular complexity index is 1140. The summed E-state index contributed by atoms with van der Waals surface area (Å²) in [4.78, 5) is 28.5. The highest BCUT2D eigenvalue weighted by atomic mass is 16.5. The third-order valence-electron chi connectivity index (χ3n) is 4.87. The molecule has 0 bridgehead atoms. The highest BCUT2D eigenvalue weighted by Gasteiger charge is 2.21. The van der Waals surface area contributed by atoms with Crippen LogP contribution in [0.25, 0.3) is 6.08 Å². The van der Waals surface area contributed by atoms with Crippen molar-refractivity contribution < 1.29 is 14.3 Å². The molecule has 6 heteroatoms. The molecule has 2 amide bonds. The van der Waals surface area contributed by atoms with Crippen LogP contribution in [0.1, 0.15) is 16.7 Å². The Morgan fingerprint density at radius 1 is 1.00 bits per heavy atom. The fourth-order valence-corrected chi connectivity index (χ4v) is 3.17. The molecule has 32 heavy (non-hydrogen) atoms. The maximum absolute atomic E-state index is 12.0. The quantitative estimate of drug-likeness (QED) is 0.645. The van der Waals surface area contributed by atoms with Gasteiger partial charge in [-0.05, 0) is 29.8 Å². The van der Waals surface area contributed by atoms with Gasteiger partial charge in [0, 0.05) is 24.3 Å². The van der Waals surface area contributed by atoms with Gasteiger partial charge in [0.2, 0.25) is 11.8 Å². The number of carbonyl (C=O) groups excluding carboxylic acids is 2. The maximum atomic E-state index is 12.0. The molecule has 1 aliphatic heterocycles. The van der Waals surface area contributed by atoms with Crippen LogP contribution in [0.3, 0.4) is 0 Å². The predicted molar refractivity (Wildman–Crippen MR) is 128 cm³/mol. The fourth-order valence-electron chi connectivity index (χ4n) is 3.17. The summed E-state index contributed by atoms with van der Waals surface area (Å²) in [5, 5.41) is 0. The minimum absolute atomic E-state index is 0.0124. The molecule has 3 aromatic rings. The molecule has 0 aliphatic carbocycles. The molecule has 0 radical (unpaired) electrons. The van der Waals surface area contributed by atoms with Gasteiger partial charge >= 0.3 is 0 Å². The van der Waals surface area contributed by atoms with Gasteiger partial charge in [0.05, 0.1) is 18.5 Å². The van der Waals surface area contributed by atoms with E-state index in [1.807, 2.05) is 78.9 Å². The number of hydrogen-bond acceptors (Lipinski definition) is 4. The van der Waals surface area contributed by atoms with Crippen molar-refractivity contribution in [3.8, 4) is 5.75 Å². The van der Waals surface area contributed by atoms with Crippen molar-refractivity contribution in [3.05, 3.63) is 102 Å². The molecule has 0 aromatic heterocycles. The molecule has 1 aliphatic rings. The number of benzodiazepines with no additional fused rings is 1. The van der Waals surface area contributed by atoms with E-state index in [2.05, 4.69) is 4.99 Å². The Kier molecular flexibility index (Phi) is 7.54. The molecule has 0 spiro atoms. The number of aliphatic imine (C=N–C) groups is 1. The lowest BCUT2D eigenvalue weighted by atomic mass is 10.0. The lowest BCUT2D eigenvalue weighted by Gasteiger charge is -2.17. The van der Waals surface area contributed by atoms with Crippen molar-refractivity contribution in [3.63, 3.8) is 0 Å². The molecule has 0 atom stereocenters. The zero-order valence-corrected chi connectivity index (χ0v) is 18.1. The van der Waals surface area contributed by atoms with Crippen molar-refractivity contribution in [2.75, 3.05) is 25.6 Å². The molecule has 0 saturated heterocycles. The molecule has 3 aromatic carbocycles. The lowest BCUT2D eigenvalue weighted by molar-refractivity contribution is -0.117. The molecule has 6 nitrogen and oxygen atoms in total. The maximum Gasteiger partial charge on any atom is 0.248 e. The van der Waals surface area contributed by atoms with E-state index in [0.717, 1.165) is 33.8 Å². The zero-order chi connectivity index (χ0) is 22.9. The number of methoxy groups -OCH3 is 1. The molecule has 0 fully saturated rings. The fraction of sp³-hybridized carbons (Fsp3) is 0.115. The second-order valence-corrected chi connectivity index (χ2v) is 7.01. The number of nitrogens with two attached hydrogens (primary N) is 1. The average Bonchev–Trinajstić information content (AvgIpc) is 2.96. The Balaban J connectivity index is 0.000000195. The Morgan fingerprint density at radius 3 is 2.31 bits per heavy atom. The van der Waals surface area contributed by atoms with Gasteiger partial charge in [-0.2, -0.15) is 0 Å². The van der Waals surface area contributed by atoms with Crippen LogP contribution >= 0.6 is 0 Å². The number of nitrogens with zero attached hydrogens (tertiary/aromatic N) is 2. The van der Waals surface area contributed by atoms with E-state index >= 15 is 0 Å². The molecule has 2 N–H and O–H groups in total. The van der Waals surface area contributed by atoms with E-state index < -0.39 is 5.91 Å². The van der Waals surface area contributed by atoms with Crippen LogP contribution in [0.2, 0.25) is 0 Å². The highest BCUT2D eigenvalue weighted by Crippen LogP contribution is 2.25. The Hall–Kier alpha value is -4.19. The minimum Gasteiger partial charge on any atom is -0.497 e. The molecular weight excluding hydrogens is 402 g/mol. The predicted octanol–water partition coefficient (Wildman–Crippen LogP) is 3.69. The van der Waals surface area contributed by atoms with E-state index in [4.69, 9.17) is 10.5 Å². The summed E-state index contributed by atoms with van der Waals surface area (Å²) < 4.78 is 4.98. The normalized spacial score (nSPS) is 12.9. The smallest absolute Gasteiger partial charge is 0.248 e. The molecule has 1 heterocycles. The Morgan fingerprint density at radius 2 is 1.66 bits per heavy atom. The van der Waals surface area contributed by atoms with Crippen molar-refractivity contribution in [2.45, 2.75) is 0 Å². The number of ether oxygens (including phenoxy) is 1. The van der Waals surface area contributed by atoms with Crippen molar-refractivity contribution >= 4 is 29.3 Å². The first-order chi connectivity index (χ1) is 15.5. The monoisotopic (exact) mass is 427 g/mol. The van der Waals surface area contributed by atoms with Crippen LogP contribution < -0.4 is 15.4 Å². The zero-order valence-electron chi connectivity index (χ0n) is 18.1. The number of rotatable bonds is 4.